The van der Waals surface area contributed by atoms with Gasteiger partial charge in [0.25, 0.3) is 0 Å². The average molecular weight is 1920 g/mol. The minimum atomic E-state index is -0.282. The summed E-state index contributed by atoms with van der Waals surface area (Å²) >= 11 is 0. The predicted molar refractivity (Wildman–Crippen MR) is 640 cm³/mol. The lowest BCUT2D eigenvalue weighted by Crippen LogP contribution is -2.27. The Morgan fingerprint density at radius 2 is 0.500 bits per heavy atom. The van der Waals surface area contributed by atoms with Crippen LogP contribution in [-0.2, 0) is 48.3 Å². The van der Waals surface area contributed by atoms with Crippen LogP contribution in [0.3, 0.4) is 0 Å². The van der Waals surface area contributed by atoms with Crippen molar-refractivity contribution in [3.63, 3.8) is 0 Å². The molecule has 0 saturated heterocycles. The van der Waals surface area contributed by atoms with Gasteiger partial charge in [0.2, 0.25) is 0 Å². The van der Waals surface area contributed by atoms with Gasteiger partial charge in [0.05, 0.1) is 5.41 Å². The molecule has 0 aliphatic heterocycles. The molecule has 0 bridgehead atoms. The second kappa shape index (κ2) is 54.5. The van der Waals surface area contributed by atoms with Crippen molar-refractivity contribution in [1.82, 2.24) is 0 Å². The summed E-state index contributed by atoms with van der Waals surface area (Å²) in [6.45, 7) is 62.8. The molecule has 15 aromatic rings. The van der Waals surface area contributed by atoms with Crippen LogP contribution >= 0.6 is 0 Å². The lowest BCUT2D eigenvalue weighted by atomic mass is 9.68. The molecule has 0 saturated carbocycles. The number of hydrogen-bond donors (Lipinski definition) is 0. The fourth-order valence-electron chi connectivity index (χ4n) is 22.4. The molecule has 0 fully saturated rings. The maximum absolute atomic E-state index is 2.52. The van der Waals surface area contributed by atoms with E-state index in [2.05, 4.69) is 449 Å². The fourth-order valence-corrected chi connectivity index (χ4v) is 22.4. The summed E-state index contributed by atoms with van der Waals surface area (Å²) < 4.78 is 0. The van der Waals surface area contributed by atoms with Crippen molar-refractivity contribution in [3.05, 3.63) is 411 Å². The van der Waals surface area contributed by atoms with Crippen molar-refractivity contribution < 1.29 is 0 Å². The molecule has 144 heavy (non-hydrogen) atoms. The molecule has 0 N–H and O–H groups in total. The predicted octanol–water partition coefficient (Wildman–Crippen LogP) is 43.0. The van der Waals surface area contributed by atoms with E-state index in [9.17, 15) is 0 Å². The van der Waals surface area contributed by atoms with Crippen LogP contribution in [0.15, 0.2) is 255 Å². The molecule has 0 nitrogen and oxygen atoms in total. The first-order valence-corrected chi connectivity index (χ1v) is 56.4. The molecule has 17 rings (SSSR count). The van der Waals surface area contributed by atoms with Gasteiger partial charge in [-0.3, -0.25) is 0 Å². The number of benzene rings is 15. The third kappa shape index (κ3) is 30.2. The van der Waals surface area contributed by atoms with Crippen molar-refractivity contribution in [3.8, 4) is 44.5 Å². The Morgan fingerprint density at radius 1 is 0.194 bits per heavy atom. The average Bonchev–Trinajstić information content (AvgIpc) is 1.50. The molecule has 0 heterocycles. The molecule has 15 aromatic carbocycles. The van der Waals surface area contributed by atoms with Crippen LogP contribution in [0.2, 0.25) is 0 Å². The Labute approximate surface area is 877 Å². The molecule has 0 aromatic heterocycles. The van der Waals surface area contributed by atoms with Crippen molar-refractivity contribution in [2.45, 2.75) is 396 Å². The van der Waals surface area contributed by atoms with Crippen LogP contribution < -0.4 is 0 Å². The lowest BCUT2D eigenvalue weighted by Gasteiger charge is -2.33. The highest BCUT2D eigenvalue weighted by atomic mass is 14.5. The largest absolute Gasteiger partial charge is 0.0725 e. The van der Waals surface area contributed by atoms with Gasteiger partial charge in [0.15, 0.2) is 0 Å². The molecular formula is C144H184. The van der Waals surface area contributed by atoms with E-state index < -0.39 is 0 Å². The number of hydrogen-bond acceptors (Lipinski definition) is 0. The monoisotopic (exact) mass is 1910 g/mol. The zero-order chi connectivity index (χ0) is 104. The Morgan fingerprint density at radius 3 is 0.861 bits per heavy atom. The molecule has 0 unspecified atom stereocenters. The Bertz CT molecular complexity index is 6280. The van der Waals surface area contributed by atoms with E-state index in [0.29, 0.717) is 0 Å². The minimum Gasteiger partial charge on any atom is -0.0654 e. The molecule has 2 aliphatic carbocycles. The van der Waals surface area contributed by atoms with E-state index >= 15 is 0 Å². The van der Waals surface area contributed by atoms with Crippen molar-refractivity contribution in [2.24, 2.45) is 0 Å². The number of fused-ring (bicyclic) bond motifs is 14. The van der Waals surface area contributed by atoms with Crippen LogP contribution in [-0.4, -0.2) is 0 Å². The van der Waals surface area contributed by atoms with E-state index in [4.69, 9.17) is 0 Å². The van der Waals surface area contributed by atoms with Gasteiger partial charge in [-0.25, -0.2) is 0 Å². The van der Waals surface area contributed by atoms with E-state index in [-0.39, 0.29) is 16.2 Å². The van der Waals surface area contributed by atoms with Crippen molar-refractivity contribution >= 4 is 32.3 Å². The van der Waals surface area contributed by atoms with Crippen LogP contribution in [0.4, 0.5) is 0 Å². The Balaban J connectivity index is 0.000000167. The molecule has 0 atom stereocenters. The summed E-state index contributed by atoms with van der Waals surface area (Å²) in [5, 5.41) is 8.75. The first-order chi connectivity index (χ1) is 69.0. The Kier molecular flexibility index (Phi) is 42.9. The SMILES string of the molecule is CCCCCCCCc1c(CCCCCCCC)c2cc(C)ccc2c2ccc(C)cc12.CCCCCCc1cc(C)c(CCCCCC)cc1C.CCCCCCc1cc(C)cc(C)c1.Cc1cc(-c2ccccc2)c(C)cc1-c1ccccc1.Cc1cc(C)c2cc(C)cc(C)c2c1.Cc1ccc2c(c1)C1(c3cc(C)ccc3-2)c2cc(C(C)(C)C)ccc2-c2ccc(C(C)(C)C)cc21.Cc1cccc(C)c1C. The highest BCUT2D eigenvalue weighted by Crippen LogP contribution is 2.64. The fraction of sp³-hybridized carbons (Fsp3) is 0.417. The summed E-state index contributed by atoms with van der Waals surface area (Å²) in [5.41, 5.74) is 50.7. The number of unbranched alkanes of at least 4 members (excludes halogenated alkanes) is 19. The van der Waals surface area contributed by atoms with Crippen LogP contribution in [0.25, 0.3) is 76.8 Å². The summed E-state index contributed by atoms with van der Waals surface area (Å²) in [7, 11) is 0. The first-order valence-electron chi connectivity index (χ1n) is 56.4. The van der Waals surface area contributed by atoms with Crippen LogP contribution in [0.1, 0.15) is 386 Å². The first kappa shape index (κ1) is 113. The van der Waals surface area contributed by atoms with Gasteiger partial charge in [-0.1, -0.05) is 497 Å². The van der Waals surface area contributed by atoms with Crippen molar-refractivity contribution in [1.29, 1.82) is 0 Å². The highest BCUT2D eigenvalue weighted by Gasteiger charge is 2.52. The zero-order valence-electron chi connectivity index (χ0n) is 95.3. The molecular weight excluding hydrogens is 1730 g/mol. The van der Waals surface area contributed by atoms with Gasteiger partial charge in [-0.05, 0) is 381 Å². The second-order valence-corrected chi connectivity index (χ2v) is 45.6. The summed E-state index contributed by atoms with van der Waals surface area (Å²) in [5.74, 6) is 0. The van der Waals surface area contributed by atoms with Gasteiger partial charge in [0.1, 0.15) is 0 Å². The summed E-state index contributed by atoms with van der Waals surface area (Å²) in [4.78, 5) is 0. The van der Waals surface area contributed by atoms with Gasteiger partial charge >= 0.3 is 0 Å². The van der Waals surface area contributed by atoms with Gasteiger partial charge in [-0.2, -0.15) is 0 Å². The minimum absolute atomic E-state index is 0.0883. The van der Waals surface area contributed by atoms with Crippen molar-refractivity contribution in [2.75, 3.05) is 0 Å². The van der Waals surface area contributed by atoms with E-state index in [1.54, 1.807) is 22.3 Å². The molecule has 0 radical (unpaired) electrons. The maximum atomic E-state index is 2.52. The summed E-state index contributed by atoms with van der Waals surface area (Å²) in [6.07, 6.45) is 39.0. The van der Waals surface area contributed by atoms with Crippen LogP contribution in [0, 0.1) is 118 Å². The van der Waals surface area contributed by atoms with E-state index in [0.717, 1.165) is 0 Å². The standard InChI is InChI=1S/C35H36.C32H46.C20H18.C20H34.C14H16.C14H22.C9H12/c1-21-9-13-25-26-14-10-22(2)18-30(26)35(29(25)17-21)31-19-23(33(3,4)5)11-15-27(31)28-16-12-24(20-32(28)35)34(6,7)8;1-5-7-9-11-13-15-17-27-28(18-16-14-12-10-8-6-2)32-24-26(4)20-22-30(32)29-21-19-25(3)23-31(27)29;1-15-13-20(18-11-7-4-8-12-18)16(2)14-19(15)17-9-5-3-6-10-17;1-5-7-9-11-13-19-15-18(4)20(16-17(19)3)14-12-10-8-6-2;1-9-5-11(3)14-8-10(2)6-12(4)13(14)7-9;1-4-5-6-7-8-14-10-12(2)9-13(3)11-14;1-7-5-4-6-8(2)9(7)3/h9-20H,1-8H3;19-24H,5-18H2,1-4H3;3-14H,1-2H3;15-16H,5-14H2,1-4H3;5-8H,1-4H3;9-11H,4-8H2,1-3H3;4-6H,1-3H3. The highest BCUT2D eigenvalue weighted by molar-refractivity contribution is 6.11. The number of aryl methyl sites for hydroxylation is 21. The molecule has 2 aliphatic rings. The molecule has 760 valence electrons. The normalized spacial score (nSPS) is 11.9. The number of rotatable bonds is 31. The quantitative estimate of drug-likeness (QED) is 0.0300. The summed E-state index contributed by atoms with van der Waals surface area (Å²) in [6, 6.07) is 96.0. The topological polar surface area (TPSA) is 0 Å². The third-order valence-electron chi connectivity index (χ3n) is 30.9. The molecule has 1 spiro atoms. The van der Waals surface area contributed by atoms with Gasteiger partial charge in [0, 0.05) is 0 Å². The smallest absolute Gasteiger partial charge is 0.0654 e. The lowest BCUT2D eigenvalue weighted by molar-refractivity contribution is 0.586. The molecule has 0 amide bonds. The van der Waals surface area contributed by atoms with Gasteiger partial charge < -0.3 is 0 Å². The Hall–Kier alpha value is -10.9. The van der Waals surface area contributed by atoms with Gasteiger partial charge in [-0.15, -0.1) is 0 Å². The second-order valence-electron chi connectivity index (χ2n) is 45.6. The van der Waals surface area contributed by atoms with E-state index in [1.165, 1.54) is 397 Å². The van der Waals surface area contributed by atoms with Crippen LogP contribution in [0.5, 0.6) is 0 Å². The third-order valence-corrected chi connectivity index (χ3v) is 30.9. The maximum Gasteiger partial charge on any atom is 0.0725 e. The van der Waals surface area contributed by atoms with E-state index in [1.807, 2.05) is 0 Å². The zero-order valence-corrected chi connectivity index (χ0v) is 95.3. The molecule has 0 heteroatoms.